The van der Waals surface area contributed by atoms with Crippen molar-refractivity contribution in [2.45, 2.75) is 45.9 Å². The Morgan fingerprint density at radius 2 is 1.83 bits per heavy atom. The summed E-state index contributed by atoms with van der Waals surface area (Å²) < 4.78 is 19.1. The molecule has 1 aromatic heterocycles. The van der Waals surface area contributed by atoms with Crippen LogP contribution in [-0.2, 0) is 19.6 Å². The van der Waals surface area contributed by atoms with Crippen LogP contribution in [0.25, 0.3) is 0 Å². The van der Waals surface area contributed by atoms with Gasteiger partial charge in [-0.2, -0.15) is 0 Å². The quantitative estimate of drug-likeness (QED) is 0.578. The first-order valence-electron chi connectivity index (χ1n) is 9.79. The number of carbonyl (C=O) groups is 1. The van der Waals surface area contributed by atoms with Crippen molar-refractivity contribution in [3.8, 4) is 0 Å². The lowest BCUT2D eigenvalue weighted by molar-refractivity contribution is 0.0934. The fourth-order valence-electron chi connectivity index (χ4n) is 2.98. The number of aromatic nitrogens is 1. The standard InChI is InChI=1S/C23H26FN3O2/c1-3-17(2)25-23(28)21-16-29-22(26-21)15-27(13-18-8-5-4-6-9-18)14-19-10-7-11-20(24)12-19/h4-12,16-17H,3,13-15H2,1-2H3,(H,25,28). The Bertz CT molecular complexity index is 927. The van der Waals surface area contributed by atoms with E-state index in [2.05, 4.69) is 15.2 Å². The van der Waals surface area contributed by atoms with Gasteiger partial charge in [0.1, 0.15) is 12.1 Å². The summed E-state index contributed by atoms with van der Waals surface area (Å²) in [5, 5.41) is 2.88. The molecule has 1 amide bonds. The van der Waals surface area contributed by atoms with Crippen LogP contribution in [0, 0.1) is 5.82 Å². The normalized spacial score (nSPS) is 12.1. The first-order valence-corrected chi connectivity index (χ1v) is 9.79. The molecule has 1 N–H and O–H groups in total. The molecular formula is C23H26FN3O2. The molecule has 0 radical (unpaired) electrons. The Labute approximate surface area is 170 Å². The second kappa shape index (κ2) is 9.98. The molecular weight excluding hydrogens is 369 g/mol. The summed E-state index contributed by atoms with van der Waals surface area (Å²) in [4.78, 5) is 18.7. The fraction of sp³-hybridized carbons (Fsp3) is 0.304. The highest BCUT2D eigenvalue weighted by molar-refractivity contribution is 5.92. The van der Waals surface area contributed by atoms with Crippen molar-refractivity contribution in [3.63, 3.8) is 0 Å². The first-order chi connectivity index (χ1) is 14.0. The molecule has 1 atom stereocenters. The number of nitrogens with one attached hydrogen (secondary N) is 1. The maximum atomic E-state index is 13.6. The lowest BCUT2D eigenvalue weighted by Gasteiger charge is -2.21. The molecule has 1 heterocycles. The molecule has 0 fully saturated rings. The van der Waals surface area contributed by atoms with Crippen LogP contribution in [-0.4, -0.2) is 21.8 Å². The monoisotopic (exact) mass is 395 g/mol. The average molecular weight is 395 g/mol. The highest BCUT2D eigenvalue weighted by Crippen LogP contribution is 2.15. The van der Waals surface area contributed by atoms with Crippen LogP contribution in [0.4, 0.5) is 4.39 Å². The third kappa shape index (κ3) is 6.26. The van der Waals surface area contributed by atoms with Crippen molar-refractivity contribution >= 4 is 5.91 Å². The minimum Gasteiger partial charge on any atom is -0.447 e. The predicted molar refractivity (Wildman–Crippen MR) is 110 cm³/mol. The summed E-state index contributed by atoms with van der Waals surface area (Å²) in [6.07, 6.45) is 2.23. The maximum absolute atomic E-state index is 13.6. The Balaban J connectivity index is 1.73. The van der Waals surface area contributed by atoms with E-state index in [9.17, 15) is 9.18 Å². The molecule has 6 heteroatoms. The molecule has 0 spiro atoms. The van der Waals surface area contributed by atoms with Crippen LogP contribution in [0.15, 0.2) is 65.3 Å². The number of amides is 1. The Morgan fingerprint density at radius 1 is 1.10 bits per heavy atom. The van der Waals surface area contributed by atoms with Crippen LogP contribution in [0.3, 0.4) is 0 Å². The third-order valence-corrected chi connectivity index (χ3v) is 4.68. The SMILES string of the molecule is CCC(C)NC(=O)c1coc(CN(Cc2ccccc2)Cc2cccc(F)c2)n1. The molecule has 152 valence electrons. The van der Waals surface area contributed by atoms with Gasteiger partial charge >= 0.3 is 0 Å². The number of nitrogens with zero attached hydrogens (tertiary/aromatic N) is 2. The second-order valence-electron chi connectivity index (χ2n) is 7.17. The van der Waals surface area contributed by atoms with Crippen molar-refractivity contribution in [3.05, 3.63) is 89.4 Å². The van der Waals surface area contributed by atoms with Crippen LogP contribution in [0.5, 0.6) is 0 Å². The van der Waals surface area contributed by atoms with Crippen LogP contribution >= 0.6 is 0 Å². The van der Waals surface area contributed by atoms with Gasteiger partial charge in [-0.1, -0.05) is 49.4 Å². The highest BCUT2D eigenvalue weighted by Gasteiger charge is 2.17. The van der Waals surface area contributed by atoms with E-state index in [1.165, 1.54) is 18.4 Å². The Hall–Kier alpha value is -2.99. The predicted octanol–water partition coefficient (Wildman–Crippen LogP) is 4.54. The number of rotatable bonds is 9. The van der Waals surface area contributed by atoms with Gasteiger partial charge in [0.05, 0.1) is 6.54 Å². The van der Waals surface area contributed by atoms with Gasteiger partial charge in [0.25, 0.3) is 5.91 Å². The number of hydrogen-bond acceptors (Lipinski definition) is 4. The summed E-state index contributed by atoms with van der Waals surface area (Å²) in [5.74, 6) is -0.0528. The zero-order valence-corrected chi connectivity index (χ0v) is 16.8. The molecule has 5 nitrogen and oxygen atoms in total. The molecule has 3 rings (SSSR count). The fourth-order valence-corrected chi connectivity index (χ4v) is 2.98. The van der Waals surface area contributed by atoms with Crippen molar-refractivity contribution < 1.29 is 13.6 Å². The van der Waals surface area contributed by atoms with Gasteiger partial charge in [-0.3, -0.25) is 9.69 Å². The Kier molecular flexibility index (Phi) is 7.14. The van der Waals surface area contributed by atoms with E-state index in [1.807, 2.05) is 50.2 Å². The minimum absolute atomic E-state index is 0.0743. The number of oxazole rings is 1. The van der Waals surface area contributed by atoms with Crippen molar-refractivity contribution in [1.82, 2.24) is 15.2 Å². The molecule has 2 aromatic carbocycles. The van der Waals surface area contributed by atoms with Gasteiger partial charge in [0.15, 0.2) is 5.69 Å². The van der Waals surface area contributed by atoms with Crippen LogP contribution in [0.2, 0.25) is 0 Å². The zero-order chi connectivity index (χ0) is 20.6. The average Bonchev–Trinajstić information content (AvgIpc) is 3.17. The van der Waals surface area contributed by atoms with Gasteiger partial charge in [-0.15, -0.1) is 0 Å². The van der Waals surface area contributed by atoms with Crippen molar-refractivity contribution in [2.75, 3.05) is 0 Å². The summed E-state index contributed by atoms with van der Waals surface area (Å²) in [6.45, 7) is 5.53. The third-order valence-electron chi connectivity index (χ3n) is 4.68. The van der Waals surface area contributed by atoms with Gasteiger partial charge in [-0.25, -0.2) is 9.37 Å². The molecule has 29 heavy (non-hydrogen) atoms. The highest BCUT2D eigenvalue weighted by atomic mass is 19.1. The van der Waals surface area contributed by atoms with Gasteiger partial charge in [0, 0.05) is 19.1 Å². The first kappa shape index (κ1) is 20.7. The number of hydrogen-bond donors (Lipinski definition) is 1. The van der Waals surface area contributed by atoms with Gasteiger partial charge in [0.2, 0.25) is 5.89 Å². The van der Waals surface area contributed by atoms with E-state index in [1.54, 1.807) is 6.07 Å². The maximum Gasteiger partial charge on any atom is 0.273 e. The smallest absolute Gasteiger partial charge is 0.273 e. The summed E-state index contributed by atoms with van der Waals surface area (Å²) >= 11 is 0. The number of benzene rings is 2. The molecule has 0 aliphatic rings. The van der Waals surface area contributed by atoms with Gasteiger partial charge < -0.3 is 9.73 Å². The van der Waals surface area contributed by atoms with E-state index >= 15 is 0 Å². The van der Waals surface area contributed by atoms with Crippen molar-refractivity contribution in [2.24, 2.45) is 0 Å². The molecule has 0 saturated carbocycles. The Morgan fingerprint density at radius 3 is 2.55 bits per heavy atom. The zero-order valence-electron chi connectivity index (χ0n) is 16.8. The molecule has 3 aromatic rings. The number of carbonyl (C=O) groups excluding carboxylic acids is 1. The summed E-state index contributed by atoms with van der Waals surface area (Å²) in [7, 11) is 0. The van der Waals surface area contributed by atoms with Crippen LogP contribution in [0.1, 0.15) is 47.8 Å². The van der Waals surface area contributed by atoms with Crippen LogP contribution < -0.4 is 5.32 Å². The molecule has 0 bridgehead atoms. The lowest BCUT2D eigenvalue weighted by Crippen LogP contribution is -2.32. The van der Waals surface area contributed by atoms with Gasteiger partial charge in [-0.05, 0) is 36.6 Å². The van der Waals surface area contributed by atoms with Crippen molar-refractivity contribution in [1.29, 1.82) is 0 Å². The lowest BCUT2D eigenvalue weighted by atomic mass is 10.1. The molecule has 0 aliphatic carbocycles. The van der Waals surface area contributed by atoms with E-state index in [0.29, 0.717) is 25.5 Å². The topological polar surface area (TPSA) is 58.4 Å². The minimum atomic E-state index is -0.262. The summed E-state index contributed by atoms with van der Waals surface area (Å²) in [5.41, 5.74) is 2.26. The summed E-state index contributed by atoms with van der Waals surface area (Å²) in [6, 6.07) is 16.6. The molecule has 0 saturated heterocycles. The van der Waals surface area contributed by atoms with E-state index in [-0.39, 0.29) is 23.5 Å². The van der Waals surface area contributed by atoms with E-state index in [4.69, 9.17) is 4.42 Å². The molecule has 0 aliphatic heterocycles. The largest absolute Gasteiger partial charge is 0.447 e. The second-order valence-corrected chi connectivity index (χ2v) is 7.17. The van der Waals surface area contributed by atoms with E-state index in [0.717, 1.165) is 17.5 Å². The van der Waals surface area contributed by atoms with E-state index < -0.39 is 0 Å². The molecule has 1 unspecified atom stereocenters. The number of halogens is 1.